The average Bonchev–Trinajstić information content (AvgIpc) is 3.05. The van der Waals surface area contributed by atoms with Crippen molar-refractivity contribution in [2.45, 2.75) is 19.8 Å². The van der Waals surface area contributed by atoms with Crippen LogP contribution in [-0.4, -0.2) is 21.3 Å². The van der Waals surface area contributed by atoms with Crippen LogP contribution in [0.3, 0.4) is 0 Å². The number of ether oxygens (including phenoxy) is 1. The first-order chi connectivity index (χ1) is 11.3. The molecule has 23 heavy (non-hydrogen) atoms. The minimum Gasteiger partial charge on any atom is -0.493 e. The molecule has 1 aromatic heterocycles. The number of anilines is 1. The number of carbonyl (C=O) groups is 1. The molecule has 1 N–H and O–H groups in total. The van der Waals surface area contributed by atoms with E-state index in [4.69, 9.17) is 4.74 Å². The lowest BCUT2D eigenvalue weighted by Crippen LogP contribution is -2.14. The van der Waals surface area contributed by atoms with Crippen molar-refractivity contribution in [1.82, 2.24) is 8.75 Å². The molecule has 1 amide bonds. The first-order valence-corrected chi connectivity index (χ1v) is 8.27. The van der Waals surface area contributed by atoms with Gasteiger partial charge in [0.2, 0.25) is 0 Å². The van der Waals surface area contributed by atoms with Crippen LogP contribution >= 0.6 is 11.7 Å². The van der Waals surface area contributed by atoms with E-state index in [0.717, 1.165) is 30.1 Å². The second-order valence-electron chi connectivity index (χ2n) is 5.09. The van der Waals surface area contributed by atoms with Gasteiger partial charge in [-0.3, -0.25) is 4.79 Å². The maximum atomic E-state index is 12.6. The van der Waals surface area contributed by atoms with Gasteiger partial charge in [-0.15, -0.1) is 0 Å². The Hall–Kier alpha value is -2.47. The van der Waals surface area contributed by atoms with E-state index in [1.54, 1.807) is 6.07 Å². The molecule has 0 aliphatic heterocycles. The van der Waals surface area contributed by atoms with Crippen LogP contribution in [0.15, 0.2) is 42.5 Å². The number of para-hydroxylation sites is 1. The zero-order valence-electron chi connectivity index (χ0n) is 12.8. The number of hydrogen-bond acceptors (Lipinski definition) is 5. The molecule has 118 valence electrons. The van der Waals surface area contributed by atoms with Gasteiger partial charge in [-0.1, -0.05) is 31.5 Å². The lowest BCUT2D eigenvalue weighted by molar-refractivity contribution is 0.102. The summed E-state index contributed by atoms with van der Waals surface area (Å²) in [7, 11) is 0. The Morgan fingerprint density at radius 1 is 1.17 bits per heavy atom. The molecule has 1 heterocycles. The van der Waals surface area contributed by atoms with Gasteiger partial charge in [-0.05, 0) is 30.7 Å². The molecule has 3 aromatic rings. The molecular weight excluding hydrogens is 310 g/mol. The van der Waals surface area contributed by atoms with E-state index in [-0.39, 0.29) is 5.91 Å². The molecule has 0 fully saturated rings. The van der Waals surface area contributed by atoms with E-state index in [0.29, 0.717) is 29.1 Å². The van der Waals surface area contributed by atoms with Crippen molar-refractivity contribution >= 4 is 34.4 Å². The standard InChI is InChI=1S/C17H17N3O2S/c1-2-3-11-22-15-10-5-4-7-12(15)17(21)18-13-8-6-9-14-16(13)20-23-19-14/h4-10H,2-3,11H2,1H3,(H,18,21). The summed E-state index contributed by atoms with van der Waals surface area (Å²) in [5, 5.41) is 2.90. The van der Waals surface area contributed by atoms with Crippen LogP contribution in [0.2, 0.25) is 0 Å². The number of carbonyl (C=O) groups excluding carboxylic acids is 1. The maximum Gasteiger partial charge on any atom is 0.259 e. The Labute approximate surface area is 138 Å². The van der Waals surface area contributed by atoms with Crippen LogP contribution < -0.4 is 10.1 Å². The van der Waals surface area contributed by atoms with Crippen LogP contribution in [0.1, 0.15) is 30.1 Å². The molecule has 0 saturated carbocycles. The van der Waals surface area contributed by atoms with Crippen molar-refractivity contribution in [2.75, 3.05) is 11.9 Å². The van der Waals surface area contributed by atoms with Gasteiger partial charge < -0.3 is 10.1 Å². The predicted octanol–water partition coefficient (Wildman–Crippen LogP) is 4.12. The van der Waals surface area contributed by atoms with Gasteiger partial charge in [0.05, 0.1) is 29.6 Å². The van der Waals surface area contributed by atoms with E-state index in [1.165, 1.54) is 0 Å². The van der Waals surface area contributed by atoms with E-state index >= 15 is 0 Å². The summed E-state index contributed by atoms with van der Waals surface area (Å²) in [6, 6.07) is 12.8. The van der Waals surface area contributed by atoms with Gasteiger partial charge in [0.15, 0.2) is 0 Å². The largest absolute Gasteiger partial charge is 0.493 e. The zero-order chi connectivity index (χ0) is 16.1. The van der Waals surface area contributed by atoms with Crippen LogP contribution in [-0.2, 0) is 0 Å². The molecule has 0 unspecified atom stereocenters. The normalized spacial score (nSPS) is 10.7. The van der Waals surface area contributed by atoms with Gasteiger partial charge in [-0.25, -0.2) is 0 Å². The molecule has 0 bridgehead atoms. The zero-order valence-corrected chi connectivity index (χ0v) is 13.6. The van der Waals surface area contributed by atoms with Gasteiger partial charge in [0.25, 0.3) is 5.91 Å². The first-order valence-electron chi connectivity index (χ1n) is 7.54. The number of nitrogens with one attached hydrogen (secondary N) is 1. The van der Waals surface area contributed by atoms with Crippen molar-refractivity contribution in [1.29, 1.82) is 0 Å². The summed E-state index contributed by atoms with van der Waals surface area (Å²) < 4.78 is 14.1. The number of fused-ring (bicyclic) bond motifs is 1. The van der Waals surface area contributed by atoms with Crippen molar-refractivity contribution in [2.24, 2.45) is 0 Å². The van der Waals surface area contributed by atoms with Crippen molar-refractivity contribution in [3.05, 3.63) is 48.0 Å². The van der Waals surface area contributed by atoms with Crippen LogP contribution in [0.5, 0.6) is 5.75 Å². The number of hydrogen-bond donors (Lipinski definition) is 1. The minimum absolute atomic E-state index is 0.211. The third-order valence-electron chi connectivity index (χ3n) is 3.42. The van der Waals surface area contributed by atoms with Gasteiger partial charge in [0.1, 0.15) is 16.8 Å². The Bertz CT molecular complexity index is 816. The number of rotatable bonds is 6. The molecule has 6 heteroatoms. The van der Waals surface area contributed by atoms with Crippen LogP contribution in [0.25, 0.3) is 11.0 Å². The highest BCUT2D eigenvalue weighted by Crippen LogP contribution is 2.24. The fraction of sp³-hybridized carbons (Fsp3) is 0.235. The molecule has 0 aliphatic carbocycles. The topological polar surface area (TPSA) is 64.1 Å². The SMILES string of the molecule is CCCCOc1ccccc1C(=O)Nc1cccc2nsnc12. The molecule has 3 rings (SSSR count). The number of benzene rings is 2. The molecule has 5 nitrogen and oxygen atoms in total. The molecule has 2 aromatic carbocycles. The number of unbranched alkanes of at least 4 members (excludes halogenated alkanes) is 1. The Balaban J connectivity index is 1.82. The van der Waals surface area contributed by atoms with E-state index in [9.17, 15) is 4.79 Å². The molecule has 0 saturated heterocycles. The smallest absolute Gasteiger partial charge is 0.259 e. The van der Waals surface area contributed by atoms with Gasteiger partial charge in [0, 0.05) is 0 Å². The number of aromatic nitrogens is 2. The highest BCUT2D eigenvalue weighted by molar-refractivity contribution is 7.00. The Morgan fingerprint density at radius 3 is 2.91 bits per heavy atom. The third-order valence-corrected chi connectivity index (χ3v) is 3.96. The predicted molar refractivity (Wildman–Crippen MR) is 92.2 cm³/mol. The second-order valence-corrected chi connectivity index (χ2v) is 5.62. The molecule has 0 aliphatic rings. The van der Waals surface area contributed by atoms with E-state index in [1.807, 2.05) is 36.4 Å². The summed E-state index contributed by atoms with van der Waals surface area (Å²) in [5.41, 5.74) is 2.66. The molecule has 0 atom stereocenters. The summed E-state index contributed by atoms with van der Waals surface area (Å²) >= 11 is 1.13. The van der Waals surface area contributed by atoms with Crippen LogP contribution in [0.4, 0.5) is 5.69 Å². The average molecular weight is 327 g/mol. The lowest BCUT2D eigenvalue weighted by atomic mass is 10.1. The van der Waals surface area contributed by atoms with Crippen LogP contribution in [0, 0.1) is 0 Å². The summed E-state index contributed by atoms with van der Waals surface area (Å²) in [6.07, 6.45) is 2.01. The molecular formula is C17H17N3O2S. The van der Waals surface area contributed by atoms with Crippen molar-refractivity contribution in [3.8, 4) is 5.75 Å². The lowest BCUT2D eigenvalue weighted by Gasteiger charge is -2.11. The third kappa shape index (κ3) is 3.48. The minimum atomic E-state index is -0.211. The summed E-state index contributed by atoms with van der Waals surface area (Å²) in [4.78, 5) is 12.6. The number of amides is 1. The Kier molecular flexibility index (Phi) is 4.83. The number of nitrogens with zero attached hydrogens (tertiary/aromatic N) is 2. The van der Waals surface area contributed by atoms with E-state index < -0.39 is 0 Å². The second kappa shape index (κ2) is 7.19. The fourth-order valence-electron chi connectivity index (χ4n) is 2.20. The fourth-order valence-corrected chi connectivity index (χ4v) is 2.75. The van der Waals surface area contributed by atoms with Crippen molar-refractivity contribution < 1.29 is 9.53 Å². The highest BCUT2D eigenvalue weighted by atomic mass is 32.1. The summed E-state index contributed by atoms with van der Waals surface area (Å²) in [5.74, 6) is 0.389. The summed E-state index contributed by atoms with van der Waals surface area (Å²) in [6.45, 7) is 2.71. The molecule has 0 radical (unpaired) electrons. The van der Waals surface area contributed by atoms with Gasteiger partial charge in [-0.2, -0.15) is 8.75 Å². The first kappa shape index (κ1) is 15.4. The molecule has 0 spiro atoms. The Morgan fingerprint density at radius 2 is 2.04 bits per heavy atom. The highest BCUT2D eigenvalue weighted by Gasteiger charge is 2.14. The monoisotopic (exact) mass is 327 g/mol. The van der Waals surface area contributed by atoms with Gasteiger partial charge >= 0.3 is 0 Å². The van der Waals surface area contributed by atoms with E-state index in [2.05, 4.69) is 21.0 Å². The quantitative estimate of drug-likeness (QED) is 0.692. The maximum absolute atomic E-state index is 12.6. The van der Waals surface area contributed by atoms with Crippen molar-refractivity contribution in [3.63, 3.8) is 0 Å².